The van der Waals surface area contributed by atoms with Gasteiger partial charge in [-0.15, -0.1) is 0 Å². The van der Waals surface area contributed by atoms with E-state index in [1.165, 1.54) is 0 Å². The Morgan fingerprint density at radius 2 is 2.28 bits per heavy atom. The second-order valence-electron chi connectivity index (χ2n) is 4.13. The van der Waals surface area contributed by atoms with Gasteiger partial charge in [0.05, 0.1) is 27.8 Å². The summed E-state index contributed by atoms with van der Waals surface area (Å²) in [5.74, 6) is 5.71. The number of hydrogen-bond donors (Lipinski definition) is 2. The second kappa shape index (κ2) is 5.21. The number of nitrogens with zero attached hydrogens (tertiary/aromatic N) is 4. The minimum Gasteiger partial charge on any atom is -0.270 e. The summed E-state index contributed by atoms with van der Waals surface area (Å²) in [6, 6.07) is 1.87. The number of nitrogens with one attached hydrogen (secondary N) is 1. The standard InChI is InChI=1S/C11H17BrN6/c1-4-18-11(8(12)6-14-18)10(15-13)9-5-7(2)16-17(9)3/h5-6,10,15H,4,13H2,1-3H3. The highest BCUT2D eigenvalue weighted by Gasteiger charge is 2.23. The number of hydrogen-bond acceptors (Lipinski definition) is 4. The largest absolute Gasteiger partial charge is 0.270 e. The van der Waals surface area contributed by atoms with Crippen LogP contribution >= 0.6 is 15.9 Å². The van der Waals surface area contributed by atoms with E-state index in [-0.39, 0.29) is 6.04 Å². The Balaban J connectivity index is 2.51. The van der Waals surface area contributed by atoms with Gasteiger partial charge in [0.1, 0.15) is 6.04 Å². The van der Waals surface area contributed by atoms with E-state index in [1.54, 1.807) is 6.20 Å². The van der Waals surface area contributed by atoms with Crippen molar-refractivity contribution in [2.24, 2.45) is 12.9 Å². The smallest absolute Gasteiger partial charge is 0.106 e. The molecule has 0 saturated heterocycles. The lowest BCUT2D eigenvalue weighted by atomic mass is 10.1. The Bertz CT molecular complexity index is 544. The van der Waals surface area contributed by atoms with Crippen LogP contribution in [0, 0.1) is 6.92 Å². The summed E-state index contributed by atoms with van der Waals surface area (Å²) in [5.41, 5.74) is 5.81. The summed E-state index contributed by atoms with van der Waals surface area (Å²) in [5, 5.41) is 8.66. The molecule has 3 N–H and O–H groups in total. The van der Waals surface area contributed by atoms with Crippen LogP contribution in [0.25, 0.3) is 0 Å². The van der Waals surface area contributed by atoms with Gasteiger partial charge in [0.25, 0.3) is 0 Å². The van der Waals surface area contributed by atoms with E-state index in [2.05, 4.69) is 31.6 Å². The number of halogens is 1. The predicted octanol–water partition coefficient (Wildman–Crippen LogP) is 1.26. The van der Waals surface area contributed by atoms with Crippen LogP contribution in [0.4, 0.5) is 0 Å². The van der Waals surface area contributed by atoms with Crippen LogP contribution in [0.5, 0.6) is 0 Å². The van der Waals surface area contributed by atoms with Gasteiger partial charge in [0, 0.05) is 13.6 Å². The number of aryl methyl sites for hydroxylation is 3. The third-order valence-corrected chi connectivity index (χ3v) is 3.52. The van der Waals surface area contributed by atoms with Gasteiger partial charge in [-0.3, -0.25) is 15.2 Å². The average molecular weight is 313 g/mol. The molecule has 0 aliphatic carbocycles. The molecule has 0 radical (unpaired) electrons. The fourth-order valence-corrected chi connectivity index (χ4v) is 2.64. The number of hydrazine groups is 1. The third kappa shape index (κ3) is 2.21. The molecule has 0 aromatic carbocycles. The first-order valence-corrected chi connectivity index (χ1v) is 6.55. The van der Waals surface area contributed by atoms with Gasteiger partial charge in [-0.05, 0) is 35.8 Å². The molecular weight excluding hydrogens is 296 g/mol. The quantitative estimate of drug-likeness (QED) is 0.658. The molecule has 1 atom stereocenters. The molecule has 0 aliphatic heterocycles. The van der Waals surface area contributed by atoms with Crippen molar-refractivity contribution in [3.05, 3.63) is 33.8 Å². The maximum atomic E-state index is 5.71. The minimum atomic E-state index is -0.145. The molecule has 0 aliphatic rings. The van der Waals surface area contributed by atoms with Gasteiger partial charge >= 0.3 is 0 Å². The van der Waals surface area contributed by atoms with E-state index in [9.17, 15) is 0 Å². The number of nitrogens with two attached hydrogens (primary N) is 1. The van der Waals surface area contributed by atoms with Crippen molar-refractivity contribution < 1.29 is 0 Å². The summed E-state index contributed by atoms with van der Waals surface area (Å²) in [6.07, 6.45) is 1.78. The average Bonchev–Trinajstić information content (AvgIpc) is 2.85. The first-order chi connectivity index (χ1) is 8.58. The molecule has 2 aromatic rings. The van der Waals surface area contributed by atoms with Crippen LogP contribution in [-0.4, -0.2) is 19.6 Å². The summed E-state index contributed by atoms with van der Waals surface area (Å²) in [4.78, 5) is 0. The lowest BCUT2D eigenvalue weighted by Gasteiger charge is -2.18. The van der Waals surface area contributed by atoms with E-state index in [1.807, 2.05) is 36.3 Å². The second-order valence-corrected chi connectivity index (χ2v) is 4.98. The minimum absolute atomic E-state index is 0.145. The van der Waals surface area contributed by atoms with Gasteiger partial charge in [-0.1, -0.05) is 0 Å². The Hall–Kier alpha value is -1.18. The van der Waals surface area contributed by atoms with Crippen LogP contribution in [-0.2, 0) is 13.6 Å². The molecule has 6 nitrogen and oxygen atoms in total. The molecule has 0 amide bonds. The fraction of sp³-hybridized carbons (Fsp3) is 0.455. The van der Waals surface area contributed by atoms with Gasteiger partial charge in [0.2, 0.25) is 0 Å². The van der Waals surface area contributed by atoms with E-state index in [0.717, 1.165) is 28.1 Å². The zero-order valence-corrected chi connectivity index (χ0v) is 12.3. The van der Waals surface area contributed by atoms with E-state index in [0.29, 0.717) is 0 Å². The Kier molecular flexibility index (Phi) is 3.84. The van der Waals surface area contributed by atoms with Crippen LogP contribution in [0.15, 0.2) is 16.7 Å². The molecule has 0 bridgehead atoms. The van der Waals surface area contributed by atoms with Crippen molar-refractivity contribution >= 4 is 15.9 Å². The molecule has 2 heterocycles. The molecule has 2 aromatic heterocycles. The molecule has 0 fully saturated rings. The Morgan fingerprint density at radius 1 is 1.56 bits per heavy atom. The monoisotopic (exact) mass is 312 g/mol. The molecule has 0 spiro atoms. The summed E-state index contributed by atoms with van der Waals surface area (Å²) >= 11 is 3.52. The van der Waals surface area contributed by atoms with Crippen LogP contribution < -0.4 is 11.3 Å². The highest BCUT2D eigenvalue weighted by Crippen LogP contribution is 2.28. The Labute approximate surface area is 114 Å². The van der Waals surface area contributed by atoms with Crippen molar-refractivity contribution in [3.63, 3.8) is 0 Å². The molecule has 0 saturated carbocycles. The third-order valence-electron chi connectivity index (χ3n) is 2.91. The van der Waals surface area contributed by atoms with Crippen molar-refractivity contribution in [1.29, 1.82) is 0 Å². The normalized spacial score (nSPS) is 12.9. The summed E-state index contributed by atoms with van der Waals surface area (Å²) < 4.78 is 4.68. The van der Waals surface area contributed by atoms with E-state index >= 15 is 0 Å². The van der Waals surface area contributed by atoms with Gasteiger partial charge in [-0.2, -0.15) is 10.2 Å². The maximum absolute atomic E-state index is 5.71. The zero-order valence-electron chi connectivity index (χ0n) is 10.7. The van der Waals surface area contributed by atoms with Crippen LogP contribution in [0.2, 0.25) is 0 Å². The first-order valence-electron chi connectivity index (χ1n) is 5.76. The first kappa shape index (κ1) is 13.3. The molecule has 7 heteroatoms. The zero-order chi connectivity index (χ0) is 13.3. The molecular formula is C11H17BrN6. The van der Waals surface area contributed by atoms with Crippen molar-refractivity contribution in [3.8, 4) is 0 Å². The van der Waals surface area contributed by atoms with Crippen molar-refractivity contribution in [1.82, 2.24) is 25.0 Å². The highest BCUT2D eigenvalue weighted by atomic mass is 79.9. The van der Waals surface area contributed by atoms with Gasteiger partial charge in [0.15, 0.2) is 0 Å². The molecule has 98 valence electrons. The molecule has 1 unspecified atom stereocenters. The van der Waals surface area contributed by atoms with Crippen LogP contribution in [0.3, 0.4) is 0 Å². The van der Waals surface area contributed by atoms with E-state index in [4.69, 9.17) is 5.84 Å². The lowest BCUT2D eigenvalue weighted by Crippen LogP contribution is -2.32. The van der Waals surface area contributed by atoms with Crippen molar-refractivity contribution in [2.75, 3.05) is 0 Å². The summed E-state index contributed by atoms with van der Waals surface area (Å²) in [7, 11) is 1.91. The topological polar surface area (TPSA) is 73.7 Å². The molecule has 18 heavy (non-hydrogen) atoms. The Morgan fingerprint density at radius 3 is 2.78 bits per heavy atom. The van der Waals surface area contributed by atoms with E-state index < -0.39 is 0 Å². The van der Waals surface area contributed by atoms with Crippen molar-refractivity contribution in [2.45, 2.75) is 26.4 Å². The summed E-state index contributed by atoms with van der Waals surface area (Å²) in [6.45, 7) is 4.80. The predicted molar refractivity (Wildman–Crippen MR) is 72.7 cm³/mol. The maximum Gasteiger partial charge on any atom is 0.106 e. The lowest BCUT2D eigenvalue weighted by molar-refractivity contribution is 0.513. The molecule has 2 rings (SSSR count). The van der Waals surface area contributed by atoms with Gasteiger partial charge < -0.3 is 0 Å². The fourth-order valence-electron chi connectivity index (χ4n) is 2.12. The SMILES string of the molecule is CCn1ncc(Br)c1C(NN)c1cc(C)nn1C. The number of aromatic nitrogens is 4. The van der Waals surface area contributed by atoms with Crippen LogP contribution in [0.1, 0.15) is 30.0 Å². The van der Waals surface area contributed by atoms with Gasteiger partial charge in [-0.25, -0.2) is 5.43 Å². The highest BCUT2D eigenvalue weighted by molar-refractivity contribution is 9.10. The number of rotatable bonds is 4.